The molecule has 0 aromatic heterocycles. The third-order valence-electron chi connectivity index (χ3n) is 8.43. The van der Waals surface area contributed by atoms with Gasteiger partial charge in [-0.25, -0.2) is 0 Å². The van der Waals surface area contributed by atoms with Gasteiger partial charge in [-0.1, -0.05) is 169 Å². The van der Waals surface area contributed by atoms with Crippen LogP contribution in [0.5, 0.6) is 0 Å². The lowest BCUT2D eigenvalue weighted by atomic mass is 9.73. The summed E-state index contributed by atoms with van der Waals surface area (Å²) in [5, 5.41) is 51.9. The van der Waals surface area contributed by atoms with Gasteiger partial charge in [0.1, 0.15) is 0 Å². The number of hydrogen-bond donors (Lipinski definition) is 7. The topological polar surface area (TPSA) is 287 Å². The zero-order chi connectivity index (χ0) is 51.8. The molecule has 0 saturated carbocycles. The molecule has 0 amide bonds. The van der Waals surface area contributed by atoms with Crippen LogP contribution in [0.4, 0.5) is 0 Å². The first-order chi connectivity index (χ1) is 29.7. The van der Waals surface area contributed by atoms with Crippen LogP contribution >= 0.6 is 0 Å². The second kappa shape index (κ2) is 63.1. The van der Waals surface area contributed by atoms with E-state index in [1.807, 2.05) is 6.92 Å². The molecule has 16 nitrogen and oxygen atoms in total. The summed E-state index contributed by atoms with van der Waals surface area (Å²) in [6, 6.07) is 0. The predicted molar refractivity (Wildman–Crippen MR) is 254 cm³/mol. The third-order valence-corrected chi connectivity index (χ3v) is 8.43. The van der Waals surface area contributed by atoms with Crippen molar-refractivity contribution in [1.82, 2.24) is 0 Å². The lowest BCUT2D eigenvalue weighted by molar-refractivity contribution is -0.157. The molecule has 0 spiro atoms. The maximum Gasteiger partial charge on any atom is 0.312 e. The molecule has 0 fully saturated rings. The number of hydrogen-bond acceptors (Lipinski definition) is 9. The van der Waals surface area contributed by atoms with E-state index >= 15 is 0 Å². The minimum Gasteiger partial charge on any atom is -0.481 e. The molecule has 0 heterocycles. The Labute approximate surface area is 387 Å². The average Bonchev–Trinajstić information content (AvgIpc) is 3.13. The van der Waals surface area contributed by atoms with Gasteiger partial charge < -0.3 is 40.5 Å². The van der Waals surface area contributed by atoms with Crippen molar-refractivity contribution in [2.75, 3.05) is 6.61 Å². The van der Waals surface area contributed by atoms with Crippen LogP contribution in [0.3, 0.4) is 0 Å². The first-order valence-electron chi connectivity index (χ1n) is 23.3. The van der Waals surface area contributed by atoms with Gasteiger partial charge in [-0.2, -0.15) is 0 Å². The van der Waals surface area contributed by atoms with Crippen molar-refractivity contribution in [3.8, 4) is 0 Å². The van der Waals surface area contributed by atoms with Crippen molar-refractivity contribution in [3.63, 3.8) is 0 Å². The van der Waals surface area contributed by atoms with Crippen LogP contribution in [0.2, 0.25) is 0 Å². The van der Waals surface area contributed by atoms with E-state index in [4.69, 9.17) is 74.0 Å². The monoisotopic (exact) mass is 929 g/mol. The fraction of sp³-hybridized carbons (Fsp3) is 0.833. The molecular formula is C48H96O16. The standard InChI is InChI=1S/C34H68O2.7C2H4O2/c1-6-11-15-20-26-32(27-21-16-12-7-2)28-22-19-25-31-34(33(35)36-10-5,29-23-17-13-8-3)30-24-18-14-9-4;7*1-2(3)4/h32H,6-31H2,1-5H3;7*1H3,(H,3,4). The van der Waals surface area contributed by atoms with Gasteiger partial charge in [0.15, 0.2) is 0 Å². The maximum absolute atomic E-state index is 13.3. The lowest BCUT2D eigenvalue weighted by Gasteiger charge is -2.32. The van der Waals surface area contributed by atoms with E-state index in [9.17, 15) is 4.79 Å². The van der Waals surface area contributed by atoms with Crippen molar-refractivity contribution >= 4 is 47.8 Å². The number of carbonyl (C=O) groups excluding carboxylic acids is 1. The van der Waals surface area contributed by atoms with Gasteiger partial charge in [0, 0.05) is 48.5 Å². The van der Waals surface area contributed by atoms with Gasteiger partial charge >= 0.3 is 5.97 Å². The van der Waals surface area contributed by atoms with Crippen molar-refractivity contribution in [2.45, 2.75) is 244 Å². The molecular weight excluding hydrogens is 833 g/mol. The summed E-state index contributed by atoms with van der Waals surface area (Å²) in [5.74, 6) is -4.79. The van der Waals surface area contributed by atoms with E-state index in [0.29, 0.717) is 6.61 Å². The highest BCUT2D eigenvalue weighted by atomic mass is 16.5. The van der Waals surface area contributed by atoms with Crippen molar-refractivity contribution < 1.29 is 78.8 Å². The number of carboxylic acid groups (broad SMARTS) is 7. The van der Waals surface area contributed by atoms with Crippen LogP contribution in [0.1, 0.15) is 244 Å². The molecule has 16 heteroatoms. The van der Waals surface area contributed by atoms with Gasteiger partial charge in [-0.3, -0.25) is 38.4 Å². The van der Waals surface area contributed by atoms with Gasteiger partial charge in [0.05, 0.1) is 12.0 Å². The molecule has 384 valence electrons. The van der Waals surface area contributed by atoms with E-state index in [-0.39, 0.29) is 11.4 Å². The highest BCUT2D eigenvalue weighted by Gasteiger charge is 2.38. The minimum absolute atomic E-state index is 0.114. The second-order valence-corrected chi connectivity index (χ2v) is 15.4. The molecule has 0 aromatic carbocycles. The number of ether oxygens (including phenoxy) is 1. The molecule has 0 aliphatic heterocycles. The molecule has 0 radical (unpaired) electrons. The average molecular weight is 929 g/mol. The summed E-state index contributed by atoms with van der Waals surface area (Å²) in [4.78, 5) is 76.3. The molecule has 0 saturated heterocycles. The first kappa shape index (κ1) is 77.0. The Morgan fingerprint density at radius 2 is 0.531 bits per heavy atom. The molecule has 0 aromatic rings. The van der Waals surface area contributed by atoms with Gasteiger partial charge in [-0.05, 0) is 32.1 Å². The van der Waals surface area contributed by atoms with E-state index in [1.165, 1.54) is 141 Å². The maximum atomic E-state index is 13.3. The molecule has 7 N–H and O–H groups in total. The summed E-state index contributed by atoms with van der Waals surface area (Å²) in [6.45, 7) is 19.2. The summed E-state index contributed by atoms with van der Waals surface area (Å²) >= 11 is 0. The van der Waals surface area contributed by atoms with Gasteiger partial charge in [-0.15, -0.1) is 0 Å². The summed E-state index contributed by atoms with van der Waals surface area (Å²) in [7, 11) is 0. The highest BCUT2D eigenvalue weighted by Crippen LogP contribution is 2.39. The molecule has 0 aliphatic carbocycles. The Kier molecular flexibility index (Phi) is 75.9. The Morgan fingerprint density at radius 3 is 0.719 bits per heavy atom. The molecule has 0 aliphatic rings. The van der Waals surface area contributed by atoms with E-state index in [1.54, 1.807) is 0 Å². The summed E-state index contributed by atoms with van der Waals surface area (Å²) < 4.78 is 5.71. The minimum atomic E-state index is -0.833. The van der Waals surface area contributed by atoms with E-state index < -0.39 is 41.8 Å². The summed E-state index contributed by atoms with van der Waals surface area (Å²) in [6.07, 6.45) is 32.3. The number of rotatable bonds is 28. The van der Waals surface area contributed by atoms with Crippen molar-refractivity contribution in [2.24, 2.45) is 11.3 Å². The van der Waals surface area contributed by atoms with Gasteiger partial charge in [0.2, 0.25) is 0 Å². The van der Waals surface area contributed by atoms with E-state index in [0.717, 1.165) is 73.6 Å². The number of unbranched alkanes of at least 4 members (excludes halogenated alkanes) is 14. The largest absolute Gasteiger partial charge is 0.481 e. The molecule has 0 unspecified atom stereocenters. The van der Waals surface area contributed by atoms with E-state index in [2.05, 4.69) is 27.7 Å². The molecule has 0 atom stereocenters. The summed E-state index contributed by atoms with van der Waals surface area (Å²) in [5.41, 5.74) is -0.225. The van der Waals surface area contributed by atoms with Crippen LogP contribution in [0.15, 0.2) is 0 Å². The van der Waals surface area contributed by atoms with Crippen molar-refractivity contribution in [1.29, 1.82) is 0 Å². The zero-order valence-electron chi connectivity index (χ0n) is 42.3. The fourth-order valence-corrected chi connectivity index (χ4v) is 5.97. The molecule has 64 heavy (non-hydrogen) atoms. The third kappa shape index (κ3) is 118. The van der Waals surface area contributed by atoms with Crippen LogP contribution < -0.4 is 0 Å². The number of aliphatic carboxylic acids is 7. The Balaban J connectivity index is -0.000000149. The first-order valence-corrected chi connectivity index (χ1v) is 23.3. The second-order valence-electron chi connectivity index (χ2n) is 15.4. The zero-order valence-corrected chi connectivity index (χ0v) is 42.3. The Hall–Kier alpha value is -4.24. The lowest BCUT2D eigenvalue weighted by Crippen LogP contribution is -2.33. The van der Waals surface area contributed by atoms with Crippen LogP contribution in [-0.4, -0.2) is 90.1 Å². The Morgan fingerprint density at radius 1 is 0.344 bits per heavy atom. The normalized spacial score (nSPS) is 9.45. The van der Waals surface area contributed by atoms with Crippen LogP contribution in [0.25, 0.3) is 0 Å². The predicted octanol–water partition coefficient (Wildman–Crippen LogP) is 12.6. The SMILES string of the molecule is CC(=O)O.CC(=O)O.CC(=O)O.CC(=O)O.CC(=O)O.CC(=O)O.CC(=O)O.CCCCCCC(CCCCCC)CCCCCC(CCCCCC)(CCCCCC)C(=O)OCC. The number of esters is 1. The van der Waals surface area contributed by atoms with Crippen LogP contribution in [0, 0.1) is 11.3 Å². The van der Waals surface area contributed by atoms with Crippen molar-refractivity contribution in [3.05, 3.63) is 0 Å². The highest BCUT2D eigenvalue weighted by molar-refractivity contribution is 5.76. The molecule has 0 bridgehead atoms. The number of carboxylic acids is 7. The smallest absolute Gasteiger partial charge is 0.312 e. The van der Waals surface area contributed by atoms with Crippen LogP contribution in [-0.2, 0) is 43.1 Å². The Bertz CT molecular complexity index is 922. The number of carbonyl (C=O) groups is 8. The molecule has 0 rings (SSSR count). The van der Waals surface area contributed by atoms with Gasteiger partial charge in [0.25, 0.3) is 41.8 Å². The fourth-order valence-electron chi connectivity index (χ4n) is 5.97. The quantitative estimate of drug-likeness (QED) is 0.0283.